The average molecular weight is 374 g/mol. The van der Waals surface area contributed by atoms with Crippen molar-refractivity contribution in [1.82, 2.24) is 0 Å². The first-order valence-corrected chi connectivity index (χ1v) is 7.67. The highest BCUT2D eigenvalue weighted by Gasteiger charge is 2.19. The van der Waals surface area contributed by atoms with Crippen LogP contribution in [0.3, 0.4) is 0 Å². The maximum atomic E-state index is 11.9. The molecule has 0 fully saturated rings. The SMILES string of the molecule is CCCOCCOC(=O)OOOC(=O)c1cc(OC)c(OC)c(OC)c1. The standard InChI is InChI=1S/C16H22O10/c1-5-6-22-7-8-23-16(18)25-26-24-15(17)11-9-12(19-2)14(21-4)13(10-11)20-3/h9-10H,5-8H2,1-4H3. The quantitative estimate of drug-likeness (QED) is 0.248. The van der Waals surface area contributed by atoms with Gasteiger partial charge in [-0.25, -0.2) is 14.5 Å². The van der Waals surface area contributed by atoms with E-state index < -0.39 is 12.1 Å². The van der Waals surface area contributed by atoms with Gasteiger partial charge >= 0.3 is 12.1 Å². The molecule has 0 aromatic heterocycles. The van der Waals surface area contributed by atoms with Crippen molar-refractivity contribution >= 4 is 12.1 Å². The van der Waals surface area contributed by atoms with E-state index in [4.69, 9.17) is 18.9 Å². The van der Waals surface area contributed by atoms with Gasteiger partial charge in [-0.15, -0.1) is 0 Å². The van der Waals surface area contributed by atoms with E-state index >= 15 is 0 Å². The lowest BCUT2D eigenvalue weighted by Crippen LogP contribution is -2.15. The van der Waals surface area contributed by atoms with E-state index in [2.05, 4.69) is 19.6 Å². The van der Waals surface area contributed by atoms with E-state index in [1.807, 2.05) is 6.92 Å². The second kappa shape index (κ2) is 11.8. The second-order valence-electron chi connectivity index (χ2n) is 4.65. The van der Waals surface area contributed by atoms with Gasteiger partial charge in [0.2, 0.25) is 5.75 Å². The van der Waals surface area contributed by atoms with E-state index in [0.717, 1.165) is 6.42 Å². The smallest absolute Gasteiger partial charge is 0.493 e. The Kier molecular flexibility index (Phi) is 9.65. The third-order valence-corrected chi connectivity index (χ3v) is 2.91. The minimum absolute atomic E-state index is 0.0180. The van der Waals surface area contributed by atoms with Gasteiger partial charge in [-0.2, -0.15) is 0 Å². The van der Waals surface area contributed by atoms with Gasteiger partial charge in [0.25, 0.3) is 0 Å². The summed E-state index contributed by atoms with van der Waals surface area (Å²) >= 11 is 0. The molecule has 10 nitrogen and oxygen atoms in total. The van der Waals surface area contributed by atoms with Crippen LogP contribution in [-0.2, 0) is 24.3 Å². The maximum Gasteiger partial charge on any atom is 0.543 e. The maximum absolute atomic E-state index is 11.9. The summed E-state index contributed by atoms with van der Waals surface area (Å²) in [5.41, 5.74) is 0.0180. The zero-order valence-corrected chi connectivity index (χ0v) is 15.1. The fraction of sp³-hybridized carbons (Fsp3) is 0.500. The molecule has 0 saturated carbocycles. The number of rotatable bonds is 11. The predicted molar refractivity (Wildman–Crippen MR) is 86.1 cm³/mol. The first-order chi connectivity index (χ1) is 12.6. The van der Waals surface area contributed by atoms with E-state index in [0.29, 0.717) is 12.4 Å². The molecule has 0 aliphatic heterocycles. The molecule has 0 atom stereocenters. The number of hydrogen-bond acceptors (Lipinski definition) is 10. The molecule has 1 rings (SSSR count). The number of ether oxygens (including phenoxy) is 5. The van der Waals surface area contributed by atoms with Crippen molar-refractivity contribution in [2.24, 2.45) is 0 Å². The molecule has 0 bridgehead atoms. The van der Waals surface area contributed by atoms with Crippen molar-refractivity contribution in [3.63, 3.8) is 0 Å². The van der Waals surface area contributed by atoms with Crippen LogP contribution in [0.1, 0.15) is 23.7 Å². The lowest BCUT2D eigenvalue weighted by Gasteiger charge is -2.13. The third kappa shape index (κ3) is 6.65. The summed E-state index contributed by atoms with van der Waals surface area (Å²) in [5.74, 6) is -0.168. The van der Waals surface area contributed by atoms with Gasteiger partial charge in [0.05, 0.1) is 38.5 Å². The Bertz CT molecular complexity index is 561. The van der Waals surface area contributed by atoms with E-state index in [9.17, 15) is 9.59 Å². The first-order valence-electron chi connectivity index (χ1n) is 7.67. The molecule has 0 N–H and O–H groups in total. The van der Waals surface area contributed by atoms with Crippen LogP contribution in [0.4, 0.5) is 4.79 Å². The molecule has 146 valence electrons. The van der Waals surface area contributed by atoms with Crippen molar-refractivity contribution in [2.75, 3.05) is 41.2 Å². The number of carbonyl (C=O) groups is 2. The molecule has 0 aliphatic rings. The monoisotopic (exact) mass is 374 g/mol. The van der Waals surface area contributed by atoms with E-state index in [-0.39, 0.29) is 30.3 Å². The molecule has 0 saturated heterocycles. The van der Waals surface area contributed by atoms with Gasteiger partial charge in [-0.1, -0.05) is 6.92 Å². The van der Waals surface area contributed by atoms with Crippen LogP contribution in [0.5, 0.6) is 17.2 Å². The molecule has 1 aromatic carbocycles. The largest absolute Gasteiger partial charge is 0.543 e. The van der Waals surface area contributed by atoms with Gasteiger partial charge in [0.1, 0.15) is 6.61 Å². The van der Waals surface area contributed by atoms with Gasteiger partial charge in [0.15, 0.2) is 11.5 Å². The molecule has 0 spiro atoms. The topological polar surface area (TPSA) is 108 Å². The van der Waals surface area contributed by atoms with Crippen LogP contribution in [0, 0.1) is 0 Å². The van der Waals surface area contributed by atoms with Crippen LogP contribution in [0.2, 0.25) is 0 Å². The Balaban J connectivity index is 2.49. The fourth-order valence-corrected chi connectivity index (χ4v) is 1.78. The lowest BCUT2D eigenvalue weighted by molar-refractivity contribution is -0.452. The summed E-state index contributed by atoms with van der Waals surface area (Å²) in [5, 5.41) is 4.12. The Morgan fingerprint density at radius 1 is 0.885 bits per heavy atom. The molecule has 0 heterocycles. The van der Waals surface area contributed by atoms with Gasteiger partial charge in [0, 0.05) is 6.61 Å². The van der Waals surface area contributed by atoms with Crippen LogP contribution >= 0.6 is 0 Å². The molecule has 0 amide bonds. The molecule has 1 aromatic rings. The highest BCUT2D eigenvalue weighted by molar-refractivity contribution is 5.90. The minimum atomic E-state index is -1.18. The first kappa shape index (κ1) is 21.3. The van der Waals surface area contributed by atoms with Crippen LogP contribution in [0.25, 0.3) is 0 Å². The summed E-state index contributed by atoms with van der Waals surface area (Å²) < 4.78 is 25.1. The molecule has 0 aliphatic carbocycles. The number of benzene rings is 1. The van der Waals surface area contributed by atoms with E-state index in [1.165, 1.54) is 33.5 Å². The lowest BCUT2D eigenvalue weighted by atomic mass is 10.2. The predicted octanol–water partition coefficient (Wildman–Crippen LogP) is 2.30. The Labute approximate surface area is 150 Å². The van der Waals surface area contributed by atoms with Crippen LogP contribution in [0.15, 0.2) is 12.1 Å². The van der Waals surface area contributed by atoms with Crippen molar-refractivity contribution in [3.05, 3.63) is 17.7 Å². The molecule has 0 unspecified atom stereocenters. The summed E-state index contributed by atoms with van der Waals surface area (Å²) in [6.45, 7) is 2.70. The average Bonchev–Trinajstić information content (AvgIpc) is 2.66. The van der Waals surface area contributed by atoms with Crippen molar-refractivity contribution in [1.29, 1.82) is 0 Å². The van der Waals surface area contributed by atoms with Crippen molar-refractivity contribution < 1.29 is 48.1 Å². The van der Waals surface area contributed by atoms with Gasteiger partial charge < -0.3 is 23.7 Å². The number of carbonyl (C=O) groups excluding carboxylic acids is 2. The minimum Gasteiger partial charge on any atom is -0.493 e. The Morgan fingerprint density at radius 3 is 2.08 bits per heavy atom. The Morgan fingerprint density at radius 2 is 1.54 bits per heavy atom. The van der Waals surface area contributed by atoms with Crippen LogP contribution < -0.4 is 14.2 Å². The normalized spacial score (nSPS) is 10.0. The van der Waals surface area contributed by atoms with Gasteiger partial charge in [-0.05, 0) is 18.6 Å². The molecule has 10 heteroatoms. The highest BCUT2D eigenvalue weighted by atomic mass is 17.5. The summed E-state index contributed by atoms with van der Waals surface area (Å²) in [7, 11) is 4.22. The summed E-state index contributed by atoms with van der Waals surface area (Å²) in [6, 6.07) is 2.69. The molecule has 26 heavy (non-hydrogen) atoms. The molecular weight excluding hydrogens is 352 g/mol. The van der Waals surface area contributed by atoms with E-state index in [1.54, 1.807) is 0 Å². The van der Waals surface area contributed by atoms with Crippen LogP contribution in [-0.4, -0.2) is 53.3 Å². The zero-order chi connectivity index (χ0) is 19.4. The van der Waals surface area contributed by atoms with Crippen molar-refractivity contribution in [3.8, 4) is 17.2 Å². The summed E-state index contributed by atoms with van der Waals surface area (Å²) in [4.78, 5) is 31.7. The summed E-state index contributed by atoms with van der Waals surface area (Å²) in [6.07, 6.45) is -0.326. The number of methoxy groups -OCH3 is 3. The molecular formula is C16H22O10. The number of hydrogen-bond donors (Lipinski definition) is 0. The zero-order valence-electron chi connectivity index (χ0n) is 15.1. The molecule has 0 radical (unpaired) electrons. The van der Waals surface area contributed by atoms with Gasteiger partial charge in [-0.3, -0.25) is 4.89 Å². The fourth-order valence-electron chi connectivity index (χ4n) is 1.78. The second-order valence-corrected chi connectivity index (χ2v) is 4.65. The highest BCUT2D eigenvalue weighted by Crippen LogP contribution is 2.38. The third-order valence-electron chi connectivity index (χ3n) is 2.91. The van der Waals surface area contributed by atoms with Crippen molar-refractivity contribution in [2.45, 2.75) is 13.3 Å². The Hall–Kier alpha value is -2.72.